The minimum absolute atomic E-state index is 0.0241. The zero-order valence-electron chi connectivity index (χ0n) is 18.9. The Hall–Kier alpha value is -3.52. The van der Waals surface area contributed by atoms with Crippen LogP contribution < -0.4 is 9.47 Å². The van der Waals surface area contributed by atoms with E-state index in [1.165, 1.54) is 11.8 Å². The molecule has 0 saturated heterocycles. The number of ether oxygens (including phenoxy) is 2. The molecule has 8 heteroatoms. The molecule has 33 heavy (non-hydrogen) atoms. The second kappa shape index (κ2) is 11.9. The van der Waals surface area contributed by atoms with Crippen LogP contribution in [0.2, 0.25) is 0 Å². The summed E-state index contributed by atoms with van der Waals surface area (Å²) in [6.45, 7) is 10.9. The number of benzene rings is 2. The molecule has 0 fully saturated rings. The highest BCUT2D eigenvalue weighted by Gasteiger charge is 2.19. The molecule has 3 aromatic rings. The Morgan fingerprint density at radius 3 is 2.45 bits per heavy atom. The summed E-state index contributed by atoms with van der Waals surface area (Å²) in [5.41, 5.74) is 1.72. The molecule has 0 aliphatic heterocycles. The van der Waals surface area contributed by atoms with Gasteiger partial charge in [0.25, 0.3) is 0 Å². The SMILES string of the molecule is C=CCN(CC=C)C(=O)CSc1nnc(-c2cccc(OC)c2)n1-c1ccc(OCC)cc1. The first-order valence-corrected chi connectivity index (χ1v) is 11.5. The summed E-state index contributed by atoms with van der Waals surface area (Å²) >= 11 is 1.34. The average Bonchev–Trinajstić information content (AvgIpc) is 3.27. The van der Waals surface area contributed by atoms with Crippen LogP contribution in [0.3, 0.4) is 0 Å². The highest BCUT2D eigenvalue weighted by atomic mass is 32.2. The Labute approximate surface area is 198 Å². The van der Waals surface area contributed by atoms with Crippen LogP contribution in [-0.4, -0.2) is 58.1 Å². The van der Waals surface area contributed by atoms with Gasteiger partial charge in [-0.25, -0.2) is 0 Å². The fourth-order valence-corrected chi connectivity index (χ4v) is 4.07. The van der Waals surface area contributed by atoms with Crippen LogP contribution in [-0.2, 0) is 4.79 Å². The van der Waals surface area contributed by atoms with Crippen molar-refractivity contribution in [3.63, 3.8) is 0 Å². The molecule has 1 heterocycles. The largest absolute Gasteiger partial charge is 0.497 e. The fourth-order valence-electron chi connectivity index (χ4n) is 3.21. The van der Waals surface area contributed by atoms with Crippen molar-refractivity contribution in [3.05, 3.63) is 73.8 Å². The van der Waals surface area contributed by atoms with Crippen LogP contribution in [0.25, 0.3) is 17.1 Å². The second-order valence-electron chi connectivity index (χ2n) is 6.97. The van der Waals surface area contributed by atoms with Gasteiger partial charge in [0.15, 0.2) is 11.0 Å². The van der Waals surface area contributed by atoms with E-state index >= 15 is 0 Å². The number of carbonyl (C=O) groups is 1. The molecule has 1 amide bonds. The minimum Gasteiger partial charge on any atom is -0.497 e. The van der Waals surface area contributed by atoms with E-state index in [1.807, 2.05) is 60.0 Å². The minimum atomic E-state index is -0.0241. The quantitative estimate of drug-likeness (QED) is 0.287. The van der Waals surface area contributed by atoms with E-state index in [9.17, 15) is 4.79 Å². The van der Waals surface area contributed by atoms with E-state index in [2.05, 4.69) is 23.4 Å². The van der Waals surface area contributed by atoms with Crippen molar-refractivity contribution >= 4 is 17.7 Å². The maximum atomic E-state index is 12.7. The predicted octanol–water partition coefficient (Wildman–Crippen LogP) is 4.63. The zero-order valence-corrected chi connectivity index (χ0v) is 19.8. The molecule has 3 rings (SSSR count). The molecule has 2 aromatic carbocycles. The highest BCUT2D eigenvalue weighted by Crippen LogP contribution is 2.30. The Bertz CT molecular complexity index is 1090. The van der Waals surface area contributed by atoms with E-state index < -0.39 is 0 Å². The third-order valence-electron chi connectivity index (χ3n) is 4.74. The van der Waals surface area contributed by atoms with Crippen LogP contribution in [0.5, 0.6) is 11.5 Å². The summed E-state index contributed by atoms with van der Waals surface area (Å²) < 4.78 is 12.9. The van der Waals surface area contributed by atoms with Crippen LogP contribution in [0, 0.1) is 0 Å². The Kier molecular flexibility index (Phi) is 8.71. The van der Waals surface area contributed by atoms with E-state index in [4.69, 9.17) is 9.47 Å². The summed E-state index contributed by atoms with van der Waals surface area (Å²) in [5.74, 6) is 2.36. The molecule has 0 atom stereocenters. The van der Waals surface area contributed by atoms with Gasteiger partial charge in [0, 0.05) is 24.3 Å². The second-order valence-corrected chi connectivity index (χ2v) is 7.91. The summed E-state index contributed by atoms with van der Waals surface area (Å²) in [6, 6.07) is 15.4. The Balaban J connectivity index is 1.96. The molecule has 0 radical (unpaired) electrons. The number of carbonyl (C=O) groups excluding carboxylic acids is 1. The van der Waals surface area contributed by atoms with Gasteiger partial charge in [-0.2, -0.15) is 0 Å². The van der Waals surface area contributed by atoms with Gasteiger partial charge in [0.1, 0.15) is 11.5 Å². The van der Waals surface area contributed by atoms with Gasteiger partial charge in [-0.1, -0.05) is 36.0 Å². The Morgan fingerprint density at radius 2 is 1.82 bits per heavy atom. The number of thioether (sulfide) groups is 1. The summed E-state index contributed by atoms with van der Waals surface area (Å²) in [5, 5.41) is 9.45. The van der Waals surface area contributed by atoms with Crippen molar-refractivity contribution in [1.82, 2.24) is 19.7 Å². The van der Waals surface area contributed by atoms with Gasteiger partial charge in [0.05, 0.1) is 19.5 Å². The summed E-state index contributed by atoms with van der Waals surface area (Å²) in [7, 11) is 1.63. The number of aromatic nitrogens is 3. The van der Waals surface area contributed by atoms with Crippen molar-refractivity contribution in [2.45, 2.75) is 12.1 Å². The number of methoxy groups -OCH3 is 1. The first-order valence-electron chi connectivity index (χ1n) is 10.6. The lowest BCUT2D eigenvalue weighted by Crippen LogP contribution is -2.32. The maximum Gasteiger partial charge on any atom is 0.233 e. The van der Waals surface area contributed by atoms with E-state index in [0.29, 0.717) is 30.7 Å². The summed E-state index contributed by atoms with van der Waals surface area (Å²) in [4.78, 5) is 14.4. The van der Waals surface area contributed by atoms with Crippen LogP contribution >= 0.6 is 11.8 Å². The third-order valence-corrected chi connectivity index (χ3v) is 5.66. The fraction of sp³-hybridized carbons (Fsp3) is 0.240. The first-order chi connectivity index (χ1) is 16.1. The number of hydrogen-bond donors (Lipinski definition) is 0. The third kappa shape index (κ3) is 6.04. The number of rotatable bonds is 12. The molecule has 0 N–H and O–H groups in total. The van der Waals surface area contributed by atoms with Crippen molar-refractivity contribution in [2.24, 2.45) is 0 Å². The van der Waals surface area contributed by atoms with Crippen molar-refractivity contribution < 1.29 is 14.3 Å². The molecule has 0 aliphatic carbocycles. The molecule has 172 valence electrons. The number of amides is 1. The normalized spacial score (nSPS) is 10.5. The molecule has 0 spiro atoms. The lowest BCUT2D eigenvalue weighted by molar-refractivity contribution is -0.127. The van der Waals surface area contributed by atoms with E-state index in [-0.39, 0.29) is 11.7 Å². The predicted molar refractivity (Wildman–Crippen MR) is 132 cm³/mol. The van der Waals surface area contributed by atoms with Gasteiger partial charge in [0.2, 0.25) is 5.91 Å². The molecule has 0 bridgehead atoms. The molecular formula is C25H28N4O3S. The lowest BCUT2D eigenvalue weighted by atomic mass is 10.2. The van der Waals surface area contributed by atoms with Crippen molar-refractivity contribution in [3.8, 4) is 28.6 Å². The number of nitrogens with zero attached hydrogens (tertiary/aromatic N) is 4. The highest BCUT2D eigenvalue weighted by molar-refractivity contribution is 7.99. The van der Waals surface area contributed by atoms with Crippen molar-refractivity contribution in [1.29, 1.82) is 0 Å². The van der Waals surface area contributed by atoms with E-state index in [1.54, 1.807) is 24.2 Å². The smallest absolute Gasteiger partial charge is 0.233 e. The van der Waals surface area contributed by atoms with Gasteiger partial charge in [-0.3, -0.25) is 9.36 Å². The molecular weight excluding hydrogens is 436 g/mol. The van der Waals surface area contributed by atoms with Gasteiger partial charge in [-0.05, 0) is 43.3 Å². The molecule has 0 aliphatic rings. The van der Waals surface area contributed by atoms with E-state index in [0.717, 1.165) is 22.7 Å². The zero-order chi connectivity index (χ0) is 23.6. The molecule has 7 nitrogen and oxygen atoms in total. The average molecular weight is 465 g/mol. The first kappa shape index (κ1) is 24.1. The van der Waals surface area contributed by atoms with Gasteiger partial charge in [-0.15, -0.1) is 23.4 Å². The van der Waals surface area contributed by atoms with Crippen LogP contribution in [0.1, 0.15) is 6.92 Å². The maximum absolute atomic E-state index is 12.7. The topological polar surface area (TPSA) is 69.5 Å². The molecule has 0 unspecified atom stereocenters. The van der Waals surface area contributed by atoms with Crippen LogP contribution in [0.4, 0.5) is 0 Å². The monoisotopic (exact) mass is 464 g/mol. The lowest BCUT2D eigenvalue weighted by Gasteiger charge is -2.19. The molecule has 1 aromatic heterocycles. The van der Waals surface area contributed by atoms with Crippen LogP contribution in [0.15, 0.2) is 79.0 Å². The van der Waals surface area contributed by atoms with Gasteiger partial charge >= 0.3 is 0 Å². The number of hydrogen-bond acceptors (Lipinski definition) is 6. The Morgan fingerprint density at radius 1 is 1.09 bits per heavy atom. The van der Waals surface area contributed by atoms with Gasteiger partial charge < -0.3 is 14.4 Å². The van der Waals surface area contributed by atoms with Crippen molar-refractivity contribution in [2.75, 3.05) is 32.6 Å². The summed E-state index contributed by atoms with van der Waals surface area (Å²) in [6.07, 6.45) is 3.41. The standard InChI is InChI=1S/C25H28N4O3S/c1-5-15-28(16-6-2)23(30)18-33-25-27-26-24(19-9-8-10-22(17-19)31-4)29(25)20-11-13-21(14-12-20)32-7-3/h5-6,8-14,17H,1-2,7,15-16,18H2,3-4H3. The molecule has 0 saturated carbocycles.